The summed E-state index contributed by atoms with van der Waals surface area (Å²) in [6.45, 7) is 4.31. The van der Waals surface area contributed by atoms with Crippen LogP contribution in [0.2, 0.25) is 0 Å². The topological polar surface area (TPSA) is 0 Å². The summed E-state index contributed by atoms with van der Waals surface area (Å²) in [4.78, 5) is 0. The van der Waals surface area contributed by atoms with E-state index in [1.165, 1.54) is 21.6 Å². The average molecular weight is 170 g/mol. The monoisotopic (exact) mass is 170 g/mol. The summed E-state index contributed by atoms with van der Waals surface area (Å²) in [5, 5.41) is 2.70. The Morgan fingerprint density at radius 2 is 1.85 bits per heavy atom. The van der Waals surface area contributed by atoms with Crippen LogP contribution < -0.4 is 10.4 Å². The standard InChI is InChI=1S/C13H14/c1-10-3-6-12-7-5-11(2)9-13(12)8-4-10/h3,5-9H,4H2,1-2H3. The maximum Gasteiger partial charge on any atom is -0.0129 e. The molecule has 0 radical (unpaired) electrons. The van der Waals surface area contributed by atoms with E-state index in [1.807, 2.05) is 0 Å². The lowest BCUT2D eigenvalue weighted by Crippen LogP contribution is -2.23. The summed E-state index contributed by atoms with van der Waals surface area (Å²) in [6.07, 6.45) is 7.79. The number of rotatable bonds is 0. The number of hydrogen-bond acceptors (Lipinski definition) is 0. The highest BCUT2D eigenvalue weighted by molar-refractivity contribution is 5.47. The van der Waals surface area contributed by atoms with Gasteiger partial charge in [0.25, 0.3) is 0 Å². The van der Waals surface area contributed by atoms with E-state index in [1.54, 1.807) is 0 Å². The van der Waals surface area contributed by atoms with Crippen LogP contribution in [0.4, 0.5) is 0 Å². The first-order valence-electron chi connectivity index (χ1n) is 4.70. The van der Waals surface area contributed by atoms with Gasteiger partial charge in [-0.2, -0.15) is 0 Å². The smallest absolute Gasteiger partial charge is 0.0129 e. The average Bonchev–Trinajstić information content (AvgIpc) is 2.29. The van der Waals surface area contributed by atoms with Crippen LogP contribution in [-0.2, 0) is 0 Å². The van der Waals surface area contributed by atoms with Gasteiger partial charge in [-0.15, -0.1) is 0 Å². The molecule has 0 bridgehead atoms. The molecule has 0 fully saturated rings. The van der Waals surface area contributed by atoms with E-state index in [-0.39, 0.29) is 0 Å². The summed E-state index contributed by atoms with van der Waals surface area (Å²) in [5.74, 6) is 0. The first kappa shape index (κ1) is 8.31. The Morgan fingerprint density at radius 1 is 1.00 bits per heavy atom. The normalized spacial score (nSPS) is 14.8. The van der Waals surface area contributed by atoms with Crippen LogP contribution in [0.5, 0.6) is 0 Å². The lowest BCUT2D eigenvalue weighted by Gasteiger charge is -1.92. The molecular formula is C13H14. The van der Waals surface area contributed by atoms with Crippen molar-refractivity contribution in [3.05, 3.63) is 45.8 Å². The van der Waals surface area contributed by atoms with Gasteiger partial charge in [0.15, 0.2) is 0 Å². The van der Waals surface area contributed by atoms with Crippen LogP contribution in [0.25, 0.3) is 12.2 Å². The molecule has 0 spiro atoms. The van der Waals surface area contributed by atoms with Crippen LogP contribution in [0.1, 0.15) is 18.9 Å². The maximum absolute atomic E-state index is 2.30. The quantitative estimate of drug-likeness (QED) is 0.558. The molecule has 13 heavy (non-hydrogen) atoms. The molecule has 0 N–H and O–H groups in total. The van der Waals surface area contributed by atoms with Crippen LogP contribution in [0, 0.1) is 6.92 Å². The van der Waals surface area contributed by atoms with Gasteiger partial charge in [-0.3, -0.25) is 0 Å². The van der Waals surface area contributed by atoms with Gasteiger partial charge >= 0.3 is 0 Å². The third kappa shape index (κ3) is 1.72. The highest BCUT2D eigenvalue weighted by Crippen LogP contribution is 2.02. The van der Waals surface area contributed by atoms with Gasteiger partial charge in [0.2, 0.25) is 0 Å². The minimum absolute atomic E-state index is 1.08. The van der Waals surface area contributed by atoms with Crippen molar-refractivity contribution in [2.75, 3.05) is 0 Å². The minimum Gasteiger partial charge on any atom is -0.0726 e. The van der Waals surface area contributed by atoms with Gasteiger partial charge in [-0.1, -0.05) is 47.6 Å². The van der Waals surface area contributed by atoms with E-state index in [4.69, 9.17) is 0 Å². The zero-order valence-electron chi connectivity index (χ0n) is 8.17. The highest BCUT2D eigenvalue weighted by atomic mass is 14.0. The number of benzene rings is 1. The Labute approximate surface area is 78.9 Å². The molecule has 2 rings (SSSR count). The lowest BCUT2D eigenvalue weighted by atomic mass is 10.1. The predicted molar refractivity (Wildman–Crippen MR) is 57.7 cm³/mol. The molecule has 1 aliphatic carbocycles. The molecule has 0 unspecified atom stereocenters. The van der Waals surface area contributed by atoms with Crippen molar-refractivity contribution in [2.24, 2.45) is 0 Å². The minimum atomic E-state index is 1.08. The van der Waals surface area contributed by atoms with Crippen LogP contribution in [0.15, 0.2) is 29.8 Å². The largest absolute Gasteiger partial charge is 0.0726 e. The fourth-order valence-corrected chi connectivity index (χ4v) is 1.59. The molecule has 0 atom stereocenters. The van der Waals surface area contributed by atoms with Crippen molar-refractivity contribution in [3.63, 3.8) is 0 Å². The molecule has 0 heteroatoms. The highest BCUT2D eigenvalue weighted by Gasteiger charge is 1.92. The second-order valence-electron chi connectivity index (χ2n) is 3.72. The van der Waals surface area contributed by atoms with Crippen molar-refractivity contribution in [1.82, 2.24) is 0 Å². The van der Waals surface area contributed by atoms with Crippen molar-refractivity contribution >= 4 is 12.2 Å². The Bertz CT molecular complexity index is 461. The van der Waals surface area contributed by atoms with Gasteiger partial charge in [-0.25, -0.2) is 0 Å². The fourth-order valence-electron chi connectivity index (χ4n) is 1.59. The zero-order chi connectivity index (χ0) is 9.26. The van der Waals surface area contributed by atoms with E-state index >= 15 is 0 Å². The maximum atomic E-state index is 2.30. The number of aryl methyl sites for hydroxylation is 1. The van der Waals surface area contributed by atoms with Crippen molar-refractivity contribution in [3.8, 4) is 0 Å². The lowest BCUT2D eigenvalue weighted by molar-refractivity contribution is 1.27. The second kappa shape index (κ2) is 3.21. The van der Waals surface area contributed by atoms with Gasteiger partial charge in [0.1, 0.15) is 0 Å². The molecule has 0 nitrogen and oxygen atoms in total. The zero-order valence-corrected chi connectivity index (χ0v) is 8.17. The molecule has 0 amide bonds. The molecular weight excluding hydrogens is 156 g/mol. The predicted octanol–water partition coefficient (Wildman–Crippen LogP) is 1.91. The molecule has 1 aliphatic rings. The van der Waals surface area contributed by atoms with Crippen molar-refractivity contribution < 1.29 is 0 Å². The first-order valence-corrected chi connectivity index (χ1v) is 4.70. The number of fused-ring (bicyclic) bond motifs is 1. The molecule has 0 heterocycles. The Hall–Kier alpha value is -1.30. The molecule has 0 aliphatic heterocycles. The number of allylic oxidation sites excluding steroid dienone is 2. The molecule has 66 valence electrons. The van der Waals surface area contributed by atoms with Gasteiger partial charge < -0.3 is 0 Å². The molecule has 0 saturated heterocycles. The first-order chi connectivity index (χ1) is 6.25. The molecule has 1 aromatic rings. The summed E-state index contributed by atoms with van der Waals surface area (Å²) in [7, 11) is 0. The van der Waals surface area contributed by atoms with Gasteiger partial charge in [0.05, 0.1) is 0 Å². The molecule has 0 saturated carbocycles. The van der Waals surface area contributed by atoms with Crippen LogP contribution in [-0.4, -0.2) is 0 Å². The Balaban J connectivity index is 2.71. The Kier molecular flexibility index (Phi) is 2.05. The van der Waals surface area contributed by atoms with E-state index in [0.717, 1.165) is 6.42 Å². The Morgan fingerprint density at radius 3 is 2.69 bits per heavy atom. The van der Waals surface area contributed by atoms with Crippen LogP contribution >= 0.6 is 0 Å². The summed E-state index contributed by atoms with van der Waals surface area (Å²) < 4.78 is 0. The SMILES string of the molecule is CC1=CC=c2ccc(C)cc2=CC1. The summed E-state index contributed by atoms with van der Waals surface area (Å²) in [6, 6.07) is 6.60. The van der Waals surface area contributed by atoms with E-state index in [9.17, 15) is 0 Å². The third-order valence-corrected chi connectivity index (χ3v) is 2.43. The summed E-state index contributed by atoms with van der Waals surface area (Å²) in [5.41, 5.74) is 2.76. The van der Waals surface area contributed by atoms with Gasteiger partial charge in [-0.05, 0) is 30.7 Å². The van der Waals surface area contributed by atoms with Crippen molar-refractivity contribution in [2.45, 2.75) is 20.3 Å². The molecule has 1 aromatic carbocycles. The van der Waals surface area contributed by atoms with Crippen LogP contribution in [0.3, 0.4) is 0 Å². The third-order valence-electron chi connectivity index (χ3n) is 2.43. The van der Waals surface area contributed by atoms with E-state index in [2.05, 4.69) is 50.3 Å². The summed E-state index contributed by atoms with van der Waals surface area (Å²) >= 11 is 0. The molecule has 0 aromatic heterocycles. The fraction of sp³-hybridized carbons (Fsp3) is 0.231. The van der Waals surface area contributed by atoms with E-state index in [0.29, 0.717) is 0 Å². The van der Waals surface area contributed by atoms with E-state index < -0.39 is 0 Å². The van der Waals surface area contributed by atoms with Gasteiger partial charge in [0, 0.05) is 0 Å². The number of hydrogen-bond donors (Lipinski definition) is 0. The van der Waals surface area contributed by atoms with Crippen molar-refractivity contribution in [1.29, 1.82) is 0 Å². The second-order valence-corrected chi connectivity index (χ2v) is 3.72.